The van der Waals surface area contributed by atoms with E-state index < -0.39 is 12.2 Å². The number of allylic oxidation sites excluding steroid dienone is 1. The van der Waals surface area contributed by atoms with E-state index >= 15 is 0 Å². The SMILES string of the molecule is OC1C=CC=c2c1c1c3c(ccc4c5ccccc5cc2c34)C=CC1O. The molecule has 0 aliphatic heterocycles. The normalized spacial score (nSPS) is 20.7. The molecule has 0 heterocycles. The Hall–Kier alpha value is -2.94. The van der Waals surface area contributed by atoms with Crippen LogP contribution in [-0.4, -0.2) is 10.2 Å². The molecular formula is C24H16O2. The number of aliphatic hydroxyl groups is 2. The molecule has 0 saturated carbocycles. The zero-order valence-corrected chi connectivity index (χ0v) is 14.0. The Kier molecular flexibility index (Phi) is 2.64. The van der Waals surface area contributed by atoms with Crippen molar-refractivity contribution in [2.75, 3.05) is 0 Å². The smallest absolute Gasteiger partial charge is 0.0985 e. The maximum Gasteiger partial charge on any atom is 0.0985 e. The molecule has 0 amide bonds. The number of benzene rings is 4. The minimum absolute atomic E-state index is 0.700. The van der Waals surface area contributed by atoms with Crippen LogP contribution in [0.25, 0.3) is 44.5 Å². The quantitative estimate of drug-likeness (QED) is 0.371. The Labute approximate surface area is 150 Å². The van der Waals surface area contributed by atoms with Crippen molar-refractivity contribution in [2.45, 2.75) is 12.2 Å². The Bertz CT molecular complexity index is 1360. The van der Waals surface area contributed by atoms with E-state index in [-0.39, 0.29) is 0 Å². The number of aliphatic hydroxyl groups excluding tert-OH is 2. The Morgan fingerprint density at radius 3 is 2.50 bits per heavy atom. The summed E-state index contributed by atoms with van der Waals surface area (Å²) >= 11 is 0. The summed E-state index contributed by atoms with van der Waals surface area (Å²) in [6.45, 7) is 0. The second-order valence-electron chi connectivity index (χ2n) is 7.14. The largest absolute Gasteiger partial charge is 0.384 e. The second kappa shape index (κ2) is 4.82. The van der Waals surface area contributed by atoms with Gasteiger partial charge >= 0.3 is 0 Å². The molecule has 0 spiro atoms. The van der Waals surface area contributed by atoms with E-state index in [0.29, 0.717) is 0 Å². The topological polar surface area (TPSA) is 40.5 Å². The first-order valence-electron chi connectivity index (χ1n) is 8.90. The molecule has 4 aromatic rings. The van der Waals surface area contributed by atoms with Crippen molar-refractivity contribution in [3.63, 3.8) is 0 Å². The molecule has 26 heavy (non-hydrogen) atoms. The molecule has 4 aromatic carbocycles. The van der Waals surface area contributed by atoms with Gasteiger partial charge in [-0.2, -0.15) is 0 Å². The van der Waals surface area contributed by atoms with Crippen molar-refractivity contribution in [1.29, 1.82) is 0 Å². The van der Waals surface area contributed by atoms with Crippen LogP contribution in [0.3, 0.4) is 0 Å². The predicted molar refractivity (Wildman–Crippen MR) is 107 cm³/mol. The molecule has 0 radical (unpaired) electrons. The van der Waals surface area contributed by atoms with Crippen LogP contribution in [0.1, 0.15) is 28.9 Å². The molecule has 0 bridgehead atoms. The van der Waals surface area contributed by atoms with E-state index in [9.17, 15) is 10.2 Å². The molecule has 2 N–H and O–H groups in total. The molecule has 2 heteroatoms. The van der Waals surface area contributed by atoms with Crippen LogP contribution < -0.4 is 5.22 Å². The van der Waals surface area contributed by atoms with Gasteiger partial charge in [0.05, 0.1) is 12.2 Å². The molecule has 2 aliphatic carbocycles. The van der Waals surface area contributed by atoms with Crippen LogP contribution in [0.5, 0.6) is 0 Å². The summed E-state index contributed by atoms with van der Waals surface area (Å²) in [5, 5.41) is 29.5. The van der Waals surface area contributed by atoms with Crippen LogP contribution in [-0.2, 0) is 0 Å². The molecule has 2 nitrogen and oxygen atoms in total. The van der Waals surface area contributed by atoms with Crippen molar-refractivity contribution >= 4 is 44.5 Å². The van der Waals surface area contributed by atoms with Gasteiger partial charge in [-0.1, -0.05) is 66.8 Å². The lowest BCUT2D eigenvalue weighted by Gasteiger charge is -2.27. The van der Waals surface area contributed by atoms with Crippen LogP contribution in [0.15, 0.2) is 60.7 Å². The second-order valence-corrected chi connectivity index (χ2v) is 7.14. The molecule has 0 saturated heterocycles. The number of rotatable bonds is 0. The van der Waals surface area contributed by atoms with Crippen molar-refractivity contribution < 1.29 is 10.2 Å². The third kappa shape index (κ3) is 1.63. The molecule has 0 aromatic heterocycles. The van der Waals surface area contributed by atoms with Gasteiger partial charge in [-0.25, -0.2) is 0 Å². The van der Waals surface area contributed by atoms with E-state index in [1.807, 2.05) is 18.2 Å². The highest BCUT2D eigenvalue weighted by atomic mass is 16.3. The van der Waals surface area contributed by atoms with Gasteiger partial charge in [0.1, 0.15) is 0 Å². The van der Waals surface area contributed by atoms with Gasteiger partial charge in [-0.05, 0) is 60.3 Å². The number of hydrogen-bond acceptors (Lipinski definition) is 2. The Morgan fingerprint density at radius 1 is 0.731 bits per heavy atom. The third-order valence-electron chi connectivity index (χ3n) is 5.80. The molecule has 0 fully saturated rings. The van der Waals surface area contributed by atoms with Gasteiger partial charge in [0.2, 0.25) is 0 Å². The predicted octanol–water partition coefficient (Wildman–Crippen LogP) is 4.31. The highest BCUT2D eigenvalue weighted by molar-refractivity contribution is 6.24. The molecule has 6 rings (SSSR count). The first kappa shape index (κ1) is 14.3. The van der Waals surface area contributed by atoms with Crippen molar-refractivity contribution in [2.24, 2.45) is 0 Å². The van der Waals surface area contributed by atoms with Gasteiger partial charge in [0.15, 0.2) is 0 Å². The third-order valence-corrected chi connectivity index (χ3v) is 5.80. The lowest BCUT2D eigenvalue weighted by Crippen LogP contribution is -2.22. The van der Waals surface area contributed by atoms with Gasteiger partial charge in [-0.15, -0.1) is 0 Å². The number of fused-ring (bicyclic) bond motifs is 5. The van der Waals surface area contributed by atoms with Gasteiger partial charge in [0.25, 0.3) is 0 Å². The van der Waals surface area contributed by atoms with Crippen LogP contribution in [0.2, 0.25) is 0 Å². The maximum absolute atomic E-state index is 10.8. The average Bonchev–Trinajstić information content (AvgIpc) is 2.67. The fourth-order valence-electron chi connectivity index (χ4n) is 4.73. The Balaban J connectivity index is 2.02. The van der Waals surface area contributed by atoms with Crippen molar-refractivity contribution in [3.8, 4) is 0 Å². The standard InChI is InChI=1S/C24H16O2/c25-19-7-3-6-16-18-12-14-4-1-2-5-15(14)17-10-8-13-9-11-20(26)24(23(16)19)21(13)22(17)18/h1-12,19-20,25-26H. The van der Waals surface area contributed by atoms with E-state index in [1.165, 1.54) is 21.5 Å². The van der Waals surface area contributed by atoms with Gasteiger partial charge in [-0.3, -0.25) is 0 Å². The summed E-state index contributed by atoms with van der Waals surface area (Å²) in [5.41, 5.74) is 2.78. The monoisotopic (exact) mass is 336 g/mol. The van der Waals surface area contributed by atoms with E-state index in [2.05, 4.69) is 48.5 Å². The lowest BCUT2D eigenvalue weighted by atomic mass is 9.80. The first-order valence-corrected chi connectivity index (χ1v) is 8.90. The summed E-state index contributed by atoms with van der Waals surface area (Å²) < 4.78 is 0. The van der Waals surface area contributed by atoms with Gasteiger partial charge in [0, 0.05) is 0 Å². The first-order chi connectivity index (χ1) is 12.7. The minimum atomic E-state index is -0.702. The maximum atomic E-state index is 10.8. The van der Waals surface area contributed by atoms with Gasteiger partial charge < -0.3 is 10.2 Å². The van der Waals surface area contributed by atoms with Crippen molar-refractivity contribution in [1.82, 2.24) is 0 Å². The van der Waals surface area contributed by atoms with Crippen molar-refractivity contribution in [3.05, 3.63) is 82.6 Å². The summed E-state index contributed by atoms with van der Waals surface area (Å²) in [7, 11) is 0. The number of hydrogen-bond donors (Lipinski definition) is 2. The minimum Gasteiger partial charge on any atom is -0.384 e. The summed E-state index contributed by atoms with van der Waals surface area (Å²) in [4.78, 5) is 0. The summed E-state index contributed by atoms with van der Waals surface area (Å²) in [5.74, 6) is 0. The highest BCUT2D eigenvalue weighted by Gasteiger charge is 2.27. The van der Waals surface area contributed by atoms with E-state index in [4.69, 9.17) is 0 Å². The summed E-state index contributed by atoms with van der Waals surface area (Å²) in [6.07, 6.45) is 8.14. The van der Waals surface area contributed by atoms with Crippen LogP contribution in [0.4, 0.5) is 0 Å². The summed E-state index contributed by atoms with van der Waals surface area (Å²) in [6, 6.07) is 14.9. The molecule has 2 unspecified atom stereocenters. The zero-order valence-electron chi connectivity index (χ0n) is 14.0. The fraction of sp³-hybridized carbons (Fsp3) is 0.0833. The molecule has 2 atom stereocenters. The highest BCUT2D eigenvalue weighted by Crippen LogP contribution is 2.43. The fourth-order valence-corrected chi connectivity index (χ4v) is 4.73. The van der Waals surface area contributed by atoms with Crippen LogP contribution in [0, 0.1) is 0 Å². The molecular weight excluding hydrogens is 320 g/mol. The van der Waals surface area contributed by atoms with E-state index in [1.54, 1.807) is 6.08 Å². The average molecular weight is 336 g/mol. The zero-order chi connectivity index (χ0) is 17.4. The van der Waals surface area contributed by atoms with E-state index in [0.717, 1.165) is 32.7 Å². The molecule has 2 aliphatic rings. The Morgan fingerprint density at radius 2 is 1.58 bits per heavy atom. The lowest BCUT2D eigenvalue weighted by molar-refractivity contribution is 0.205. The molecule has 124 valence electrons. The van der Waals surface area contributed by atoms with Crippen LogP contribution >= 0.6 is 0 Å².